The molecule has 0 spiro atoms. The van der Waals surface area contributed by atoms with E-state index < -0.39 is 0 Å². The largest absolute Gasteiger partial charge is 0.360 e. The second-order valence-corrected chi connectivity index (χ2v) is 8.22. The quantitative estimate of drug-likeness (QED) is 0.777. The molecule has 2 aliphatic heterocycles. The highest BCUT2D eigenvalue weighted by Gasteiger charge is 2.46. The topological polar surface area (TPSA) is 45.1 Å². The first-order chi connectivity index (χ1) is 13.4. The lowest BCUT2D eigenvalue weighted by atomic mass is 10.1. The van der Waals surface area contributed by atoms with Gasteiger partial charge in [-0.2, -0.15) is 0 Å². The van der Waals surface area contributed by atoms with Gasteiger partial charge in [0.2, 0.25) is 5.91 Å². The molecule has 7 heteroatoms. The van der Waals surface area contributed by atoms with E-state index in [9.17, 15) is 9.59 Å². The average molecular weight is 419 g/mol. The monoisotopic (exact) mass is 418 g/mol. The number of nitrogens with one attached hydrogen (secondary N) is 1. The molecule has 2 heterocycles. The Kier molecular flexibility index (Phi) is 5.32. The number of rotatable bonds is 3. The molecule has 2 saturated heterocycles. The van der Waals surface area contributed by atoms with Gasteiger partial charge in [0.15, 0.2) is 6.04 Å². The first kappa shape index (κ1) is 19.2. The maximum Gasteiger partial charge on any atom is 0.292 e. The predicted octanol–water partition coefficient (Wildman–Crippen LogP) is 2.34. The summed E-state index contributed by atoms with van der Waals surface area (Å²) < 4.78 is 0. The van der Waals surface area contributed by atoms with Gasteiger partial charge in [0, 0.05) is 5.69 Å². The highest BCUT2D eigenvalue weighted by Crippen LogP contribution is 2.27. The maximum absolute atomic E-state index is 13.0. The summed E-state index contributed by atoms with van der Waals surface area (Å²) in [6.45, 7) is 5.15. The van der Waals surface area contributed by atoms with Gasteiger partial charge in [-0.3, -0.25) is 9.59 Å². The Morgan fingerprint density at radius 3 is 2.39 bits per heavy atom. The van der Waals surface area contributed by atoms with Crippen molar-refractivity contribution in [3.05, 3.63) is 58.1 Å². The molecule has 0 unspecified atom stereocenters. The smallest absolute Gasteiger partial charge is 0.292 e. The molecule has 0 aromatic heterocycles. The van der Waals surface area contributed by atoms with Crippen LogP contribution in [0, 0.1) is 6.92 Å². The fourth-order valence-corrected chi connectivity index (χ4v) is 4.36. The molecule has 28 heavy (non-hydrogen) atoms. The number of benzene rings is 2. The van der Waals surface area contributed by atoms with E-state index in [1.807, 2.05) is 43.3 Å². The van der Waals surface area contributed by atoms with Crippen molar-refractivity contribution in [2.75, 3.05) is 36.0 Å². The summed E-state index contributed by atoms with van der Waals surface area (Å²) in [6.07, 6.45) is 0.273. The minimum absolute atomic E-state index is 0.0893. The van der Waals surface area contributed by atoms with Gasteiger partial charge in [-0.25, -0.2) is 4.90 Å². The van der Waals surface area contributed by atoms with E-state index >= 15 is 0 Å². The van der Waals surface area contributed by atoms with Crippen molar-refractivity contribution in [2.24, 2.45) is 0 Å². The van der Waals surface area contributed by atoms with Gasteiger partial charge < -0.3 is 9.80 Å². The number of nitrogens with zero attached hydrogens (tertiary/aromatic N) is 2. The lowest BCUT2D eigenvalue weighted by Gasteiger charge is -2.35. The van der Waals surface area contributed by atoms with Crippen molar-refractivity contribution in [3.63, 3.8) is 0 Å². The Balaban J connectivity index is 1.44. The number of hydrogen-bond acceptors (Lipinski definition) is 3. The highest BCUT2D eigenvalue weighted by atomic mass is 35.5. The maximum atomic E-state index is 13.0. The number of carbonyl (C=O) groups is 2. The number of hydrogen-bond donors (Lipinski definition) is 1. The van der Waals surface area contributed by atoms with Crippen molar-refractivity contribution in [1.29, 1.82) is 0 Å². The van der Waals surface area contributed by atoms with E-state index in [1.165, 1.54) is 9.80 Å². The van der Waals surface area contributed by atoms with Crippen molar-refractivity contribution in [2.45, 2.75) is 19.4 Å². The molecule has 2 amide bonds. The average Bonchev–Trinajstić information content (AvgIpc) is 2.98. The van der Waals surface area contributed by atoms with Gasteiger partial charge in [0.1, 0.15) is 0 Å². The fourth-order valence-electron chi connectivity index (χ4n) is 4.07. The van der Waals surface area contributed by atoms with E-state index in [4.69, 9.17) is 23.2 Å². The van der Waals surface area contributed by atoms with Crippen molar-refractivity contribution >= 4 is 46.4 Å². The van der Waals surface area contributed by atoms with Crippen LogP contribution in [-0.4, -0.2) is 44.0 Å². The lowest BCUT2D eigenvalue weighted by Crippen LogP contribution is -3.19. The molecule has 4 rings (SSSR count). The van der Waals surface area contributed by atoms with Gasteiger partial charge in [-0.05, 0) is 42.8 Å². The minimum atomic E-state index is -0.302. The third kappa shape index (κ3) is 3.62. The normalized spacial score (nSPS) is 20.9. The van der Waals surface area contributed by atoms with Crippen LogP contribution in [-0.2, 0) is 9.59 Å². The molecule has 1 N–H and O–H groups in total. The molecular formula is C21H22Cl2N3O2+. The summed E-state index contributed by atoms with van der Waals surface area (Å²) in [5.74, 6) is -0.200. The molecule has 146 valence electrons. The van der Waals surface area contributed by atoms with Gasteiger partial charge in [-0.1, -0.05) is 35.3 Å². The number of piperazine rings is 1. The number of anilines is 2. The molecule has 2 aromatic rings. The highest BCUT2D eigenvalue weighted by molar-refractivity contribution is 6.42. The summed E-state index contributed by atoms with van der Waals surface area (Å²) in [4.78, 5) is 30.3. The molecule has 5 nitrogen and oxygen atoms in total. The Morgan fingerprint density at radius 2 is 1.71 bits per heavy atom. The van der Waals surface area contributed by atoms with Gasteiger partial charge in [0.25, 0.3) is 5.91 Å². The summed E-state index contributed by atoms with van der Waals surface area (Å²) in [6, 6.07) is 12.9. The number of halogens is 2. The third-order valence-corrected chi connectivity index (χ3v) is 6.31. The van der Waals surface area contributed by atoms with E-state index in [1.54, 1.807) is 6.07 Å². The number of imide groups is 1. The third-order valence-electron chi connectivity index (χ3n) is 5.57. The molecule has 2 fully saturated rings. The zero-order valence-electron chi connectivity index (χ0n) is 15.6. The van der Waals surface area contributed by atoms with Crippen LogP contribution in [0.5, 0.6) is 0 Å². The summed E-state index contributed by atoms with van der Waals surface area (Å²) in [7, 11) is 0. The van der Waals surface area contributed by atoms with Crippen LogP contribution in [0.25, 0.3) is 0 Å². The van der Waals surface area contributed by atoms with Crippen molar-refractivity contribution in [1.82, 2.24) is 0 Å². The molecule has 0 bridgehead atoms. The molecule has 0 radical (unpaired) electrons. The Labute approximate surface area is 174 Å². The molecule has 1 atom stereocenters. The van der Waals surface area contributed by atoms with E-state index in [2.05, 4.69) is 4.90 Å². The SMILES string of the molecule is Cc1cccc(N2C(=O)C[C@H]([NH+]3CCN(c4ccc(Cl)c(Cl)c4)CC3)C2=O)c1. The first-order valence-electron chi connectivity index (χ1n) is 9.42. The van der Waals surface area contributed by atoms with Crippen molar-refractivity contribution < 1.29 is 14.5 Å². The van der Waals surface area contributed by atoms with Gasteiger partial charge in [-0.15, -0.1) is 0 Å². The first-order valence-corrected chi connectivity index (χ1v) is 10.2. The van der Waals surface area contributed by atoms with Gasteiger partial charge in [0.05, 0.1) is 48.3 Å². The molecule has 0 aliphatic carbocycles. The number of amides is 2. The van der Waals surface area contributed by atoms with Crippen LogP contribution >= 0.6 is 23.2 Å². The summed E-state index contributed by atoms with van der Waals surface area (Å²) >= 11 is 12.1. The second-order valence-electron chi connectivity index (χ2n) is 7.41. The Morgan fingerprint density at radius 1 is 0.964 bits per heavy atom. The summed E-state index contributed by atoms with van der Waals surface area (Å²) in [5, 5.41) is 1.08. The Hall–Kier alpha value is -2.08. The Bertz CT molecular complexity index is 926. The lowest BCUT2D eigenvalue weighted by molar-refractivity contribution is -0.915. The number of quaternary nitrogens is 1. The molecule has 2 aromatic carbocycles. The number of carbonyl (C=O) groups excluding carboxylic acids is 2. The number of aryl methyl sites for hydroxylation is 1. The summed E-state index contributed by atoms with van der Waals surface area (Å²) in [5.41, 5.74) is 2.74. The minimum Gasteiger partial charge on any atom is -0.360 e. The standard InChI is InChI=1S/C21H21Cl2N3O2/c1-14-3-2-4-16(11-14)26-20(27)13-19(21(26)28)25-9-7-24(8-10-25)15-5-6-17(22)18(23)12-15/h2-6,11-12,19H,7-10,13H2,1H3/p+1/t19-/m0/s1. The van der Waals surface area contributed by atoms with Crippen LogP contribution in [0.4, 0.5) is 11.4 Å². The van der Waals surface area contributed by atoms with Crippen LogP contribution < -0.4 is 14.7 Å². The van der Waals surface area contributed by atoms with Crippen molar-refractivity contribution in [3.8, 4) is 0 Å². The molecule has 2 aliphatic rings. The fraction of sp³-hybridized carbons (Fsp3) is 0.333. The zero-order valence-corrected chi connectivity index (χ0v) is 17.1. The van der Waals surface area contributed by atoms with Crippen LogP contribution in [0.2, 0.25) is 10.0 Å². The van der Waals surface area contributed by atoms with Gasteiger partial charge >= 0.3 is 0 Å². The zero-order chi connectivity index (χ0) is 19.8. The van der Waals surface area contributed by atoms with Crippen LogP contribution in [0.1, 0.15) is 12.0 Å². The predicted molar refractivity (Wildman–Crippen MR) is 111 cm³/mol. The van der Waals surface area contributed by atoms with E-state index in [0.29, 0.717) is 15.7 Å². The second kappa shape index (κ2) is 7.74. The van der Waals surface area contributed by atoms with Crippen LogP contribution in [0.15, 0.2) is 42.5 Å². The van der Waals surface area contributed by atoms with Crippen LogP contribution in [0.3, 0.4) is 0 Å². The molecular weight excluding hydrogens is 397 g/mol. The molecule has 0 saturated carbocycles. The van der Waals surface area contributed by atoms with E-state index in [0.717, 1.165) is 37.4 Å². The van der Waals surface area contributed by atoms with E-state index in [-0.39, 0.29) is 24.3 Å².